The number of carbonyl (C=O) groups excluding carboxylic acids is 1. The topological polar surface area (TPSA) is 17.1 Å². The van der Waals surface area contributed by atoms with Gasteiger partial charge in [0.1, 0.15) is 5.78 Å². The Morgan fingerprint density at radius 3 is 2.82 bits per heavy atom. The summed E-state index contributed by atoms with van der Waals surface area (Å²) in [6, 6.07) is 0. The molecule has 0 heterocycles. The molecular formula is C10H14O. The third-order valence-electron chi connectivity index (χ3n) is 3.16. The number of hydrogen-bond donors (Lipinski definition) is 0. The van der Waals surface area contributed by atoms with Crippen LogP contribution in [0, 0.1) is 11.3 Å². The first-order valence-electron chi connectivity index (χ1n) is 4.38. The first kappa shape index (κ1) is 7.08. The van der Waals surface area contributed by atoms with Gasteiger partial charge in [-0.15, -0.1) is 0 Å². The predicted molar refractivity (Wildman–Crippen MR) is 44.2 cm³/mol. The molecule has 0 unspecified atom stereocenters. The van der Waals surface area contributed by atoms with E-state index >= 15 is 0 Å². The molecule has 2 aliphatic carbocycles. The zero-order chi connectivity index (χ0) is 8.06. The molecule has 1 fully saturated rings. The number of Topliss-reactive ketones (excluding diaryl/α,β-unsaturated/α-hetero) is 1. The molecule has 0 radical (unpaired) electrons. The van der Waals surface area contributed by atoms with E-state index in [1.165, 1.54) is 12.0 Å². The van der Waals surface area contributed by atoms with Crippen molar-refractivity contribution >= 4 is 5.78 Å². The molecule has 0 spiro atoms. The molecule has 2 atom stereocenters. The van der Waals surface area contributed by atoms with E-state index in [1.807, 2.05) is 0 Å². The van der Waals surface area contributed by atoms with Crippen LogP contribution in [-0.2, 0) is 4.79 Å². The normalized spacial score (nSPS) is 41.5. The maximum atomic E-state index is 11.1. The molecule has 1 nitrogen and oxygen atoms in total. The van der Waals surface area contributed by atoms with Crippen LogP contribution in [0.25, 0.3) is 0 Å². The van der Waals surface area contributed by atoms with Gasteiger partial charge < -0.3 is 0 Å². The zero-order valence-corrected chi connectivity index (χ0v) is 7.18. The minimum Gasteiger partial charge on any atom is -0.299 e. The van der Waals surface area contributed by atoms with Crippen LogP contribution in [0.4, 0.5) is 0 Å². The van der Waals surface area contributed by atoms with E-state index in [1.54, 1.807) is 0 Å². The molecule has 0 saturated heterocycles. The summed E-state index contributed by atoms with van der Waals surface area (Å²) in [5, 5.41) is 0. The monoisotopic (exact) mass is 150 g/mol. The smallest absolute Gasteiger partial charge is 0.140 e. The third-order valence-corrected chi connectivity index (χ3v) is 3.16. The third kappa shape index (κ3) is 0.800. The average molecular weight is 150 g/mol. The minimum absolute atomic E-state index is 0.289. The maximum absolute atomic E-state index is 11.1. The number of rotatable bonds is 1. The number of fused-ring (bicyclic) bond motifs is 1. The summed E-state index contributed by atoms with van der Waals surface area (Å²) >= 11 is 0. The summed E-state index contributed by atoms with van der Waals surface area (Å²) in [5.74, 6) is 0.744. The average Bonchev–Trinajstić information content (AvgIpc) is 2.22. The van der Waals surface area contributed by atoms with Gasteiger partial charge in [0.2, 0.25) is 0 Å². The summed E-state index contributed by atoms with van der Waals surface area (Å²) in [5.41, 5.74) is 1.82. The van der Waals surface area contributed by atoms with E-state index < -0.39 is 0 Å². The van der Waals surface area contributed by atoms with Crippen molar-refractivity contribution in [2.45, 2.75) is 33.1 Å². The van der Waals surface area contributed by atoms with E-state index in [4.69, 9.17) is 0 Å². The largest absolute Gasteiger partial charge is 0.299 e. The van der Waals surface area contributed by atoms with Crippen molar-refractivity contribution in [3.05, 3.63) is 11.6 Å². The molecule has 1 saturated carbocycles. The molecule has 0 aromatic carbocycles. The zero-order valence-electron chi connectivity index (χ0n) is 7.18. The van der Waals surface area contributed by atoms with Crippen molar-refractivity contribution in [2.24, 2.45) is 11.3 Å². The Morgan fingerprint density at radius 1 is 1.64 bits per heavy atom. The van der Waals surface area contributed by atoms with Crippen molar-refractivity contribution in [3.63, 3.8) is 0 Å². The highest BCUT2D eigenvalue weighted by atomic mass is 16.1. The highest BCUT2D eigenvalue weighted by Gasteiger charge is 2.51. The molecule has 11 heavy (non-hydrogen) atoms. The summed E-state index contributed by atoms with van der Waals surface area (Å²) in [6.07, 6.45) is 5.31. The van der Waals surface area contributed by atoms with Gasteiger partial charge in [0.15, 0.2) is 0 Å². The Balaban J connectivity index is 2.21. The molecule has 1 heteroatoms. The van der Waals surface area contributed by atoms with Gasteiger partial charge in [0.05, 0.1) is 0 Å². The van der Waals surface area contributed by atoms with Crippen molar-refractivity contribution in [1.29, 1.82) is 0 Å². The fraction of sp³-hybridized carbons (Fsp3) is 0.700. The Hall–Kier alpha value is -0.590. The van der Waals surface area contributed by atoms with Crippen LogP contribution >= 0.6 is 0 Å². The Labute approximate surface area is 67.5 Å². The van der Waals surface area contributed by atoms with Crippen LogP contribution in [0.1, 0.15) is 33.1 Å². The quantitative estimate of drug-likeness (QED) is 0.524. The lowest BCUT2D eigenvalue weighted by atomic mass is 9.62. The molecular weight excluding hydrogens is 136 g/mol. The van der Waals surface area contributed by atoms with Crippen LogP contribution in [-0.4, -0.2) is 5.78 Å². The van der Waals surface area contributed by atoms with E-state index in [-0.39, 0.29) is 5.92 Å². The van der Waals surface area contributed by atoms with E-state index in [9.17, 15) is 4.79 Å². The Kier molecular flexibility index (Phi) is 1.26. The van der Waals surface area contributed by atoms with Crippen LogP contribution in [0.15, 0.2) is 11.6 Å². The second kappa shape index (κ2) is 1.96. The Bertz CT molecular complexity index is 239. The SMILES string of the molecule is CCC1=C[C@H]2C(=O)C[C@@]2(C)C1. The summed E-state index contributed by atoms with van der Waals surface area (Å²) < 4.78 is 0. The first-order valence-corrected chi connectivity index (χ1v) is 4.38. The lowest BCUT2D eigenvalue weighted by Gasteiger charge is -2.40. The minimum atomic E-state index is 0.289. The van der Waals surface area contributed by atoms with E-state index in [0.29, 0.717) is 11.2 Å². The van der Waals surface area contributed by atoms with Crippen molar-refractivity contribution in [1.82, 2.24) is 0 Å². The first-order chi connectivity index (χ1) is 5.15. The highest BCUT2D eigenvalue weighted by Crippen LogP contribution is 2.54. The van der Waals surface area contributed by atoms with Crippen molar-refractivity contribution < 1.29 is 4.79 Å². The van der Waals surface area contributed by atoms with Crippen LogP contribution in [0.2, 0.25) is 0 Å². The molecule has 60 valence electrons. The number of allylic oxidation sites excluding steroid dienone is 2. The maximum Gasteiger partial charge on any atom is 0.140 e. The Morgan fingerprint density at radius 2 is 2.36 bits per heavy atom. The lowest BCUT2D eigenvalue weighted by Crippen LogP contribution is -2.42. The molecule has 0 N–H and O–H groups in total. The van der Waals surface area contributed by atoms with Gasteiger partial charge in [-0.05, 0) is 18.3 Å². The van der Waals surface area contributed by atoms with Crippen molar-refractivity contribution in [2.75, 3.05) is 0 Å². The summed E-state index contributed by atoms with van der Waals surface area (Å²) in [4.78, 5) is 11.1. The van der Waals surface area contributed by atoms with Crippen LogP contribution in [0.5, 0.6) is 0 Å². The number of carbonyl (C=O) groups is 1. The van der Waals surface area contributed by atoms with Crippen LogP contribution in [0.3, 0.4) is 0 Å². The molecule has 2 rings (SSSR count). The standard InChI is InChI=1S/C10H14O/c1-3-7-4-8-9(11)6-10(8,2)5-7/h4,8H,3,5-6H2,1-2H3/t8-,10+/m0/s1. The predicted octanol–water partition coefficient (Wildman–Crippen LogP) is 2.32. The molecule has 0 bridgehead atoms. The molecule has 0 aliphatic heterocycles. The fourth-order valence-electron chi connectivity index (χ4n) is 2.40. The lowest BCUT2D eigenvalue weighted by molar-refractivity contribution is -0.136. The molecule has 0 amide bonds. The van der Waals surface area contributed by atoms with E-state index in [0.717, 1.165) is 12.8 Å². The molecule has 0 aromatic heterocycles. The summed E-state index contributed by atoms with van der Waals surface area (Å²) in [7, 11) is 0. The van der Waals surface area contributed by atoms with Gasteiger partial charge in [-0.2, -0.15) is 0 Å². The number of hydrogen-bond acceptors (Lipinski definition) is 1. The van der Waals surface area contributed by atoms with Gasteiger partial charge in [-0.3, -0.25) is 4.79 Å². The van der Waals surface area contributed by atoms with Crippen molar-refractivity contribution in [3.8, 4) is 0 Å². The van der Waals surface area contributed by atoms with Gasteiger partial charge in [-0.1, -0.05) is 25.5 Å². The van der Waals surface area contributed by atoms with Gasteiger partial charge in [-0.25, -0.2) is 0 Å². The molecule has 2 aliphatic rings. The summed E-state index contributed by atoms with van der Waals surface area (Å²) in [6.45, 7) is 4.41. The molecule has 0 aromatic rings. The van der Waals surface area contributed by atoms with Crippen LogP contribution < -0.4 is 0 Å². The fourth-order valence-corrected chi connectivity index (χ4v) is 2.40. The van der Waals surface area contributed by atoms with Gasteiger partial charge in [0, 0.05) is 12.3 Å². The van der Waals surface area contributed by atoms with E-state index in [2.05, 4.69) is 19.9 Å². The van der Waals surface area contributed by atoms with Gasteiger partial charge >= 0.3 is 0 Å². The second-order valence-electron chi connectivity index (χ2n) is 4.13. The van der Waals surface area contributed by atoms with Gasteiger partial charge in [0.25, 0.3) is 0 Å². The number of ketones is 1. The highest BCUT2D eigenvalue weighted by molar-refractivity contribution is 5.91. The second-order valence-corrected chi connectivity index (χ2v) is 4.13.